The molecule has 1 aromatic heterocycles. The van der Waals surface area contributed by atoms with E-state index in [0.717, 1.165) is 28.9 Å². The number of carbonyl (C=O) groups excluding carboxylic acids is 1. The maximum Gasteiger partial charge on any atom is 0.264 e. The Morgan fingerprint density at radius 1 is 1.33 bits per heavy atom. The van der Waals surface area contributed by atoms with Crippen LogP contribution >= 0.6 is 0 Å². The van der Waals surface area contributed by atoms with Crippen molar-refractivity contribution >= 4 is 11.6 Å². The van der Waals surface area contributed by atoms with Crippen LogP contribution in [-0.4, -0.2) is 16.1 Å². The molecule has 0 saturated carbocycles. The normalized spacial score (nSPS) is 12.0. The van der Waals surface area contributed by atoms with Crippen LogP contribution in [0.4, 0.5) is 5.69 Å². The van der Waals surface area contributed by atoms with Gasteiger partial charge in [-0.1, -0.05) is 26.0 Å². The molecule has 0 saturated heterocycles. The lowest BCUT2D eigenvalue weighted by Crippen LogP contribution is -2.19. The van der Waals surface area contributed by atoms with Gasteiger partial charge in [-0.25, -0.2) is 5.10 Å². The Labute approximate surface area is 123 Å². The zero-order valence-electron chi connectivity index (χ0n) is 12.4. The Kier molecular flexibility index (Phi) is 4.52. The van der Waals surface area contributed by atoms with Crippen molar-refractivity contribution < 1.29 is 4.79 Å². The van der Waals surface area contributed by atoms with Gasteiger partial charge in [-0.2, -0.15) is 5.10 Å². The van der Waals surface area contributed by atoms with Gasteiger partial charge >= 0.3 is 0 Å². The van der Waals surface area contributed by atoms with Crippen LogP contribution in [0.15, 0.2) is 35.1 Å². The summed E-state index contributed by atoms with van der Waals surface area (Å²) in [7, 11) is 0. The number of rotatable bonds is 4. The molecule has 2 aromatic rings. The average Bonchev–Trinajstić information content (AvgIpc) is 2.47. The van der Waals surface area contributed by atoms with Crippen LogP contribution < -0.4 is 10.9 Å². The molecule has 0 aliphatic rings. The third-order valence-electron chi connectivity index (χ3n) is 3.48. The number of aryl methyl sites for hydroxylation is 1. The summed E-state index contributed by atoms with van der Waals surface area (Å²) >= 11 is 0. The molecule has 1 unspecified atom stereocenters. The Bertz CT molecular complexity index is 689. The maximum atomic E-state index is 11.8. The third kappa shape index (κ3) is 3.56. The van der Waals surface area contributed by atoms with Crippen LogP contribution in [-0.2, 0) is 4.79 Å². The molecule has 1 atom stereocenters. The van der Waals surface area contributed by atoms with Crippen molar-refractivity contribution in [2.75, 3.05) is 5.32 Å². The van der Waals surface area contributed by atoms with Gasteiger partial charge in [-0.15, -0.1) is 0 Å². The number of amides is 1. The molecule has 0 radical (unpaired) electrons. The van der Waals surface area contributed by atoms with Gasteiger partial charge in [-0.3, -0.25) is 9.59 Å². The molecule has 110 valence electrons. The summed E-state index contributed by atoms with van der Waals surface area (Å²) in [4.78, 5) is 23.0. The fourth-order valence-corrected chi connectivity index (χ4v) is 1.95. The second-order valence-corrected chi connectivity index (χ2v) is 5.14. The molecule has 21 heavy (non-hydrogen) atoms. The van der Waals surface area contributed by atoms with E-state index < -0.39 is 0 Å². The first-order valence-corrected chi connectivity index (χ1v) is 6.99. The lowest BCUT2D eigenvalue weighted by atomic mass is 10.1. The standard InChI is InChI=1S/C16H19N3O2/c1-4-10(2)16(21)17-13-7-5-12(6-8-13)15-11(3)9-14(20)18-19-15/h5-10H,4H2,1-3H3,(H,17,21)(H,18,20). The summed E-state index contributed by atoms with van der Waals surface area (Å²) in [5, 5.41) is 9.37. The van der Waals surface area contributed by atoms with Crippen LogP contribution in [0.2, 0.25) is 0 Å². The first-order valence-electron chi connectivity index (χ1n) is 6.99. The predicted molar refractivity (Wildman–Crippen MR) is 83.1 cm³/mol. The molecule has 0 aliphatic carbocycles. The molecular formula is C16H19N3O2. The van der Waals surface area contributed by atoms with Crippen molar-refractivity contribution in [2.24, 2.45) is 5.92 Å². The number of nitrogens with one attached hydrogen (secondary N) is 2. The molecular weight excluding hydrogens is 266 g/mol. The molecule has 1 amide bonds. The highest BCUT2D eigenvalue weighted by molar-refractivity contribution is 5.92. The highest BCUT2D eigenvalue weighted by Gasteiger charge is 2.11. The Balaban J connectivity index is 2.19. The number of anilines is 1. The number of H-pyrrole nitrogens is 1. The lowest BCUT2D eigenvalue weighted by Gasteiger charge is -2.10. The van der Waals surface area contributed by atoms with Crippen molar-refractivity contribution in [3.63, 3.8) is 0 Å². The van der Waals surface area contributed by atoms with Crippen molar-refractivity contribution in [2.45, 2.75) is 27.2 Å². The van der Waals surface area contributed by atoms with Gasteiger partial charge in [-0.05, 0) is 31.0 Å². The molecule has 0 fully saturated rings. The number of nitrogens with zero attached hydrogens (tertiary/aromatic N) is 1. The van der Waals surface area contributed by atoms with E-state index in [0.29, 0.717) is 0 Å². The van der Waals surface area contributed by atoms with E-state index >= 15 is 0 Å². The first-order chi connectivity index (χ1) is 10.0. The molecule has 0 spiro atoms. The van der Waals surface area contributed by atoms with Crippen molar-refractivity contribution in [3.05, 3.63) is 46.2 Å². The monoisotopic (exact) mass is 285 g/mol. The summed E-state index contributed by atoms with van der Waals surface area (Å²) in [6.45, 7) is 5.73. The van der Waals surface area contributed by atoms with E-state index in [1.165, 1.54) is 6.07 Å². The topological polar surface area (TPSA) is 74.8 Å². The average molecular weight is 285 g/mol. The van der Waals surface area contributed by atoms with Crippen LogP contribution in [0.25, 0.3) is 11.3 Å². The fourth-order valence-electron chi connectivity index (χ4n) is 1.95. The van der Waals surface area contributed by atoms with Crippen LogP contribution in [0.1, 0.15) is 25.8 Å². The van der Waals surface area contributed by atoms with Gasteiger partial charge in [0.1, 0.15) is 0 Å². The molecule has 0 aliphatic heterocycles. The van der Waals surface area contributed by atoms with Gasteiger partial charge in [0, 0.05) is 23.2 Å². The largest absolute Gasteiger partial charge is 0.326 e. The van der Waals surface area contributed by atoms with E-state index in [4.69, 9.17) is 0 Å². The SMILES string of the molecule is CCC(C)C(=O)Nc1ccc(-c2n[nH]c(=O)cc2C)cc1. The quantitative estimate of drug-likeness (QED) is 0.907. The summed E-state index contributed by atoms with van der Waals surface area (Å²) in [5.41, 5.74) is 2.98. The number of benzene rings is 1. The van der Waals surface area contributed by atoms with Crippen molar-refractivity contribution in [1.82, 2.24) is 10.2 Å². The fraction of sp³-hybridized carbons (Fsp3) is 0.312. The number of aromatic nitrogens is 2. The highest BCUT2D eigenvalue weighted by atomic mass is 16.1. The van der Waals surface area contributed by atoms with E-state index in [2.05, 4.69) is 15.5 Å². The van der Waals surface area contributed by atoms with E-state index in [1.54, 1.807) is 0 Å². The second kappa shape index (κ2) is 6.35. The zero-order valence-corrected chi connectivity index (χ0v) is 12.4. The number of carbonyl (C=O) groups is 1. The van der Waals surface area contributed by atoms with Crippen LogP contribution in [0.3, 0.4) is 0 Å². The maximum absolute atomic E-state index is 11.8. The third-order valence-corrected chi connectivity index (χ3v) is 3.48. The highest BCUT2D eigenvalue weighted by Crippen LogP contribution is 2.21. The minimum absolute atomic E-state index is 0.00668. The minimum Gasteiger partial charge on any atom is -0.326 e. The summed E-state index contributed by atoms with van der Waals surface area (Å²) in [6, 6.07) is 8.93. The number of hydrogen-bond donors (Lipinski definition) is 2. The molecule has 5 heteroatoms. The predicted octanol–water partition coefficient (Wildman–Crippen LogP) is 2.73. The van der Waals surface area contributed by atoms with E-state index in [-0.39, 0.29) is 17.4 Å². The second-order valence-electron chi connectivity index (χ2n) is 5.14. The zero-order chi connectivity index (χ0) is 15.4. The van der Waals surface area contributed by atoms with Crippen molar-refractivity contribution in [3.8, 4) is 11.3 Å². The Morgan fingerprint density at radius 3 is 2.57 bits per heavy atom. The smallest absolute Gasteiger partial charge is 0.264 e. The van der Waals surface area contributed by atoms with Crippen molar-refractivity contribution in [1.29, 1.82) is 0 Å². The lowest BCUT2D eigenvalue weighted by molar-refractivity contribution is -0.119. The number of aromatic amines is 1. The van der Waals surface area contributed by atoms with Crippen LogP contribution in [0, 0.1) is 12.8 Å². The van der Waals surface area contributed by atoms with E-state index in [1.807, 2.05) is 45.0 Å². The molecule has 5 nitrogen and oxygen atoms in total. The van der Waals surface area contributed by atoms with Crippen LogP contribution in [0.5, 0.6) is 0 Å². The summed E-state index contributed by atoms with van der Waals surface area (Å²) < 4.78 is 0. The molecule has 0 bridgehead atoms. The van der Waals surface area contributed by atoms with Gasteiger partial charge in [0.15, 0.2) is 0 Å². The Morgan fingerprint density at radius 2 is 2.00 bits per heavy atom. The molecule has 2 rings (SSSR count). The minimum atomic E-state index is -0.214. The van der Waals surface area contributed by atoms with Gasteiger partial charge < -0.3 is 5.32 Å². The Hall–Kier alpha value is -2.43. The summed E-state index contributed by atoms with van der Waals surface area (Å²) in [5.74, 6) is 0.0105. The number of hydrogen-bond acceptors (Lipinski definition) is 3. The molecule has 1 heterocycles. The van der Waals surface area contributed by atoms with Gasteiger partial charge in [0.2, 0.25) is 5.91 Å². The van der Waals surface area contributed by atoms with E-state index in [9.17, 15) is 9.59 Å². The van der Waals surface area contributed by atoms with Gasteiger partial charge in [0.25, 0.3) is 5.56 Å². The molecule has 1 aromatic carbocycles. The molecule has 2 N–H and O–H groups in total. The van der Waals surface area contributed by atoms with Gasteiger partial charge in [0.05, 0.1) is 5.69 Å². The summed E-state index contributed by atoms with van der Waals surface area (Å²) in [6.07, 6.45) is 0.810. The first kappa shape index (κ1) is 15.0.